The summed E-state index contributed by atoms with van der Waals surface area (Å²) in [4.78, 5) is 23.2. The second-order valence-electron chi connectivity index (χ2n) is 3.53. The Kier molecular flexibility index (Phi) is 3.72. The van der Waals surface area contributed by atoms with Gasteiger partial charge in [0.1, 0.15) is 5.75 Å². The minimum absolute atomic E-state index is 0.0393. The minimum Gasteiger partial charge on any atom is -0.507 e. The molecule has 0 aliphatic carbocycles. The van der Waals surface area contributed by atoms with Crippen molar-refractivity contribution in [2.75, 3.05) is 0 Å². The van der Waals surface area contributed by atoms with Gasteiger partial charge in [0.25, 0.3) is 5.91 Å². The van der Waals surface area contributed by atoms with Gasteiger partial charge in [0.2, 0.25) is 0 Å². The monoisotopic (exact) mass is 280 g/mol. The van der Waals surface area contributed by atoms with E-state index >= 15 is 0 Å². The molecule has 19 heavy (non-hydrogen) atoms. The van der Waals surface area contributed by atoms with E-state index in [2.05, 4.69) is 10.9 Å². The molecule has 3 N–H and O–H groups in total. The SMILES string of the molecule is O=C(NNC(=O)c1ccccc1O)c1ccc(Cl)o1. The van der Waals surface area contributed by atoms with E-state index in [9.17, 15) is 14.7 Å². The first-order valence-corrected chi connectivity index (χ1v) is 5.60. The van der Waals surface area contributed by atoms with E-state index in [4.69, 9.17) is 16.0 Å². The quantitative estimate of drug-likeness (QED) is 0.730. The number of hydrogen-bond acceptors (Lipinski definition) is 4. The number of nitrogens with one attached hydrogen (secondary N) is 2. The highest BCUT2D eigenvalue weighted by Crippen LogP contribution is 2.15. The van der Waals surface area contributed by atoms with Crippen LogP contribution in [0.2, 0.25) is 5.22 Å². The molecule has 0 aliphatic rings. The van der Waals surface area contributed by atoms with Crippen LogP contribution in [0.15, 0.2) is 40.8 Å². The topological polar surface area (TPSA) is 91.6 Å². The fraction of sp³-hybridized carbons (Fsp3) is 0. The van der Waals surface area contributed by atoms with Gasteiger partial charge in [-0.2, -0.15) is 0 Å². The van der Waals surface area contributed by atoms with Crippen LogP contribution in [0.5, 0.6) is 5.75 Å². The third-order valence-corrected chi connectivity index (χ3v) is 2.44. The molecule has 0 spiro atoms. The molecular weight excluding hydrogens is 272 g/mol. The van der Waals surface area contributed by atoms with Crippen molar-refractivity contribution in [3.05, 3.63) is 52.9 Å². The summed E-state index contributed by atoms with van der Waals surface area (Å²) in [5, 5.41) is 9.52. The number of aromatic hydroxyl groups is 1. The molecule has 0 saturated heterocycles. The predicted molar refractivity (Wildman–Crippen MR) is 66.8 cm³/mol. The van der Waals surface area contributed by atoms with Crippen molar-refractivity contribution < 1.29 is 19.1 Å². The largest absolute Gasteiger partial charge is 0.507 e. The van der Waals surface area contributed by atoms with Gasteiger partial charge in [-0.15, -0.1) is 0 Å². The zero-order valence-electron chi connectivity index (χ0n) is 9.51. The zero-order chi connectivity index (χ0) is 13.8. The lowest BCUT2D eigenvalue weighted by molar-refractivity contribution is 0.0829. The van der Waals surface area contributed by atoms with Crippen LogP contribution in [-0.4, -0.2) is 16.9 Å². The highest BCUT2D eigenvalue weighted by Gasteiger charge is 2.14. The van der Waals surface area contributed by atoms with E-state index in [1.807, 2.05) is 0 Å². The number of furan rings is 1. The third kappa shape index (κ3) is 3.05. The molecule has 98 valence electrons. The zero-order valence-corrected chi connectivity index (χ0v) is 10.3. The summed E-state index contributed by atoms with van der Waals surface area (Å²) in [6.07, 6.45) is 0. The Morgan fingerprint density at radius 1 is 1.05 bits per heavy atom. The fourth-order valence-corrected chi connectivity index (χ4v) is 1.49. The number of benzene rings is 1. The highest BCUT2D eigenvalue weighted by molar-refractivity contribution is 6.29. The second kappa shape index (κ2) is 5.45. The average molecular weight is 281 g/mol. The highest BCUT2D eigenvalue weighted by atomic mass is 35.5. The van der Waals surface area contributed by atoms with Gasteiger partial charge in [-0.1, -0.05) is 12.1 Å². The Morgan fingerprint density at radius 2 is 1.74 bits per heavy atom. The Bertz CT molecular complexity index is 624. The van der Waals surface area contributed by atoms with Gasteiger partial charge in [0.15, 0.2) is 11.0 Å². The molecule has 1 heterocycles. The molecule has 0 atom stereocenters. The molecule has 6 nitrogen and oxygen atoms in total. The van der Waals surface area contributed by atoms with Crippen molar-refractivity contribution in [3.63, 3.8) is 0 Å². The molecule has 1 aromatic carbocycles. The van der Waals surface area contributed by atoms with Crippen molar-refractivity contribution in [2.45, 2.75) is 0 Å². The van der Waals surface area contributed by atoms with Gasteiger partial charge in [0.05, 0.1) is 5.56 Å². The maximum Gasteiger partial charge on any atom is 0.305 e. The first kappa shape index (κ1) is 13.0. The number of hydrazine groups is 1. The number of halogens is 1. The normalized spacial score (nSPS) is 9.95. The standard InChI is InChI=1S/C12H9ClN2O4/c13-10-6-5-9(19-10)12(18)15-14-11(17)7-3-1-2-4-8(7)16/h1-6,16H,(H,14,17)(H,15,18). The van der Waals surface area contributed by atoms with Crippen LogP contribution in [-0.2, 0) is 0 Å². The Hall–Kier alpha value is -2.47. The van der Waals surface area contributed by atoms with Gasteiger partial charge in [-0.25, -0.2) is 0 Å². The van der Waals surface area contributed by atoms with Crippen LogP contribution in [0.3, 0.4) is 0 Å². The number of hydrogen-bond donors (Lipinski definition) is 3. The molecule has 0 aliphatic heterocycles. The lowest BCUT2D eigenvalue weighted by Gasteiger charge is -2.06. The Morgan fingerprint density at radius 3 is 2.37 bits per heavy atom. The summed E-state index contributed by atoms with van der Waals surface area (Å²) in [6.45, 7) is 0. The van der Waals surface area contributed by atoms with Gasteiger partial charge < -0.3 is 9.52 Å². The first-order chi connectivity index (χ1) is 9.08. The second-order valence-corrected chi connectivity index (χ2v) is 3.90. The predicted octanol–water partition coefficient (Wildman–Crippen LogP) is 1.71. The number of carbonyl (C=O) groups excluding carboxylic acids is 2. The fourth-order valence-electron chi connectivity index (χ4n) is 1.34. The van der Waals surface area contributed by atoms with Crippen LogP contribution in [0.1, 0.15) is 20.9 Å². The molecule has 0 bridgehead atoms. The number of amides is 2. The molecule has 0 fully saturated rings. The molecule has 7 heteroatoms. The van der Waals surface area contributed by atoms with Gasteiger partial charge in [-0.05, 0) is 35.9 Å². The summed E-state index contributed by atoms with van der Waals surface area (Å²) < 4.78 is 4.86. The molecule has 0 unspecified atom stereocenters. The van der Waals surface area contributed by atoms with E-state index in [-0.39, 0.29) is 22.3 Å². The van der Waals surface area contributed by atoms with E-state index in [0.29, 0.717) is 0 Å². The van der Waals surface area contributed by atoms with Crippen LogP contribution in [0, 0.1) is 0 Å². The van der Waals surface area contributed by atoms with E-state index < -0.39 is 11.8 Å². The summed E-state index contributed by atoms with van der Waals surface area (Å²) in [7, 11) is 0. The molecular formula is C12H9ClN2O4. The number of phenolic OH excluding ortho intramolecular Hbond substituents is 1. The summed E-state index contributed by atoms with van der Waals surface area (Å²) >= 11 is 5.52. The number of carbonyl (C=O) groups is 2. The summed E-state index contributed by atoms with van der Waals surface area (Å²) in [5.74, 6) is -1.53. The summed E-state index contributed by atoms with van der Waals surface area (Å²) in [5.41, 5.74) is 4.32. The molecule has 2 amide bonds. The number of para-hydroxylation sites is 1. The molecule has 2 aromatic rings. The van der Waals surface area contributed by atoms with Crippen molar-refractivity contribution in [2.24, 2.45) is 0 Å². The van der Waals surface area contributed by atoms with Gasteiger partial charge in [0, 0.05) is 0 Å². The maximum absolute atomic E-state index is 11.7. The molecule has 0 radical (unpaired) electrons. The van der Waals surface area contributed by atoms with Gasteiger partial charge in [-0.3, -0.25) is 20.4 Å². The Labute approximate surface area is 113 Å². The van der Waals surface area contributed by atoms with Crippen molar-refractivity contribution in [1.82, 2.24) is 10.9 Å². The average Bonchev–Trinajstić information content (AvgIpc) is 2.83. The number of rotatable bonds is 2. The van der Waals surface area contributed by atoms with E-state index in [1.54, 1.807) is 12.1 Å². The Balaban J connectivity index is 1.98. The van der Waals surface area contributed by atoms with Crippen molar-refractivity contribution in [3.8, 4) is 5.75 Å². The van der Waals surface area contributed by atoms with Crippen LogP contribution >= 0.6 is 11.6 Å². The smallest absolute Gasteiger partial charge is 0.305 e. The number of phenols is 1. The van der Waals surface area contributed by atoms with Crippen LogP contribution < -0.4 is 10.9 Å². The molecule has 2 rings (SSSR count). The molecule has 1 aromatic heterocycles. The summed E-state index contributed by atoms with van der Waals surface area (Å²) in [6, 6.07) is 8.72. The maximum atomic E-state index is 11.7. The van der Waals surface area contributed by atoms with E-state index in [0.717, 1.165) is 0 Å². The van der Waals surface area contributed by atoms with Gasteiger partial charge >= 0.3 is 5.91 Å². The van der Waals surface area contributed by atoms with Crippen LogP contribution in [0.25, 0.3) is 0 Å². The minimum atomic E-state index is -0.657. The van der Waals surface area contributed by atoms with Crippen LogP contribution in [0.4, 0.5) is 0 Å². The van der Waals surface area contributed by atoms with E-state index in [1.165, 1.54) is 24.3 Å². The lowest BCUT2D eigenvalue weighted by Crippen LogP contribution is -2.41. The van der Waals surface area contributed by atoms with Crippen molar-refractivity contribution >= 4 is 23.4 Å². The lowest BCUT2D eigenvalue weighted by atomic mass is 10.2. The first-order valence-electron chi connectivity index (χ1n) is 5.22. The van der Waals surface area contributed by atoms with Crippen molar-refractivity contribution in [1.29, 1.82) is 0 Å². The molecule has 0 saturated carbocycles. The third-order valence-electron chi connectivity index (χ3n) is 2.24.